The zero-order valence-electron chi connectivity index (χ0n) is 11.6. The molecule has 0 saturated carbocycles. The minimum absolute atomic E-state index is 0.455. The summed E-state index contributed by atoms with van der Waals surface area (Å²) in [5.41, 5.74) is 3.09. The van der Waals surface area contributed by atoms with E-state index in [4.69, 9.17) is 13.9 Å². The molecule has 0 amide bonds. The molecular weight excluding hydrogens is 252 g/mol. The van der Waals surface area contributed by atoms with E-state index < -0.39 is 0 Å². The fourth-order valence-electron chi connectivity index (χ4n) is 2.26. The van der Waals surface area contributed by atoms with Crippen molar-refractivity contribution in [1.29, 1.82) is 0 Å². The first-order chi connectivity index (χ1) is 9.79. The molecule has 0 radical (unpaired) electrons. The molecule has 2 aromatic carbocycles. The maximum atomic E-state index is 5.84. The summed E-state index contributed by atoms with van der Waals surface area (Å²) in [6.07, 6.45) is 1.76. The van der Waals surface area contributed by atoms with Crippen LogP contribution in [0.15, 0.2) is 53.1 Å². The van der Waals surface area contributed by atoms with Gasteiger partial charge in [0.2, 0.25) is 0 Å². The zero-order chi connectivity index (χ0) is 13.9. The van der Waals surface area contributed by atoms with Crippen molar-refractivity contribution < 1.29 is 13.9 Å². The van der Waals surface area contributed by atoms with E-state index in [0.717, 1.165) is 33.6 Å². The van der Waals surface area contributed by atoms with E-state index in [9.17, 15) is 0 Å². The molecule has 0 N–H and O–H groups in total. The molecule has 0 spiro atoms. The number of methoxy groups -OCH3 is 1. The number of aryl methyl sites for hydroxylation is 1. The third-order valence-electron chi connectivity index (χ3n) is 3.33. The number of fused-ring (bicyclic) bond motifs is 1. The Hall–Kier alpha value is -2.42. The lowest BCUT2D eigenvalue weighted by molar-refractivity contribution is 0.284. The van der Waals surface area contributed by atoms with E-state index in [0.29, 0.717) is 6.61 Å². The van der Waals surface area contributed by atoms with Crippen LogP contribution < -0.4 is 9.47 Å². The fourth-order valence-corrected chi connectivity index (χ4v) is 2.26. The number of furan rings is 1. The topological polar surface area (TPSA) is 31.6 Å². The molecule has 0 atom stereocenters. The van der Waals surface area contributed by atoms with Gasteiger partial charge in [0.25, 0.3) is 0 Å². The van der Waals surface area contributed by atoms with Gasteiger partial charge in [-0.05, 0) is 24.6 Å². The maximum absolute atomic E-state index is 5.84. The standard InChI is InChI=1S/C17H16O3/c1-12-6-5-7-14-13(11-20-17(12)14)10-19-16-9-4-3-8-15(16)18-2/h3-9,11H,10H2,1-2H3. The molecule has 1 aromatic heterocycles. The van der Waals surface area contributed by atoms with Gasteiger partial charge in [-0.15, -0.1) is 0 Å². The second kappa shape index (κ2) is 5.29. The molecule has 3 aromatic rings. The summed E-state index contributed by atoms with van der Waals surface area (Å²) < 4.78 is 16.7. The van der Waals surface area contributed by atoms with Gasteiger partial charge in [-0.2, -0.15) is 0 Å². The van der Waals surface area contributed by atoms with Gasteiger partial charge in [0.15, 0.2) is 11.5 Å². The van der Waals surface area contributed by atoms with Crippen LogP contribution in [0.2, 0.25) is 0 Å². The predicted octanol–water partition coefficient (Wildman–Crippen LogP) is 4.33. The Morgan fingerprint density at radius 2 is 1.80 bits per heavy atom. The van der Waals surface area contributed by atoms with Crippen molar-refractivity contribution in [3.63, 3.8) is 0 Å². The van der Waals surface area contributed by atoms with Gasteiger partial charge in [0, 0.05) is 10.9 Å². The van der Waals surface area contributed by atoms with Crippen LogP contribution in [-0.2, 0) is 6.61 Å². The SMILES string of the molecule is COc1ccccc1OCc1coc2c(C)cccc12. The molecule has 0 fully saturated rings. The number of ether oxygens (including phenoxy) is 2. The van der Waals surface area contributed by atoms with Crippen molar-refractivity contribution in [3.05, 3.63) is 59.9 Å². The Kier molecular flexibility index (Phi) is 3.33. The molecule has 0 saturated heterocycles. The Morgan fingerprint density at radius 3 is 2.60 bits per heavy atom. The first-order valence-electron chi connectivity index (χ1n) is 6.51. The molecule has 20 heavy (non-hydrogen) atoms. The van der Waals surface area contributed by atoms with Crippen LogP contribution in [0, 0.1) is 6.92 Å². The number of para-hydroxylation sites is 3. The van der Waals surface area contributed by atoms with Crippen LogP contribution in [0.5, 0.6) is 11.5 Å². The monoisotopic (exact) mass is 268 g/mol. The summed E-state index contributed by atoms with van der Waals surface area (Å²) in [5.74, 6) is 1.47. The second-order valence-corrected chi connectivity index (χ2v) is 4.65. The zero-order valence-corrected chi connectivity index (χ0v) is 11.6. The second-order valence-electron chi connectivity index (χ2n) is 4.65. The lowest BCUT2D eigenvalue weighted by Gasteiger charge is -2.09. The van der Waals surface area contributed by atoms with Gasteiger partial charge >= 0.3 is 0 Å². The molecule has 3 nitrogen and oxygen atoms in total. The first-order valence-corrected chi connectivity index (χ1v) is 6.51. The summed E-state index contributed by atoms with van der Waals surface area (Å²) >= 11 is 0. The van der Waals surface area contributed by atoms with Gasteiger partial charge in [-0.25, -0.2) is 0 Å². The lowest BCUT2D eigenvalue weighted by atomic mass is 10.1. The van der Waals surface area contributed by atoms with Crippen LogP contribution in [0.3, 0.4) is 0 Å². The van der Waals surface area contributed by atoms with Crippen LogP contribution in [-0.4, -0.2) is 7.11 Å². The van der Waals surface area contributed by atoms with Crippen molar-refractivity contribution in [2.45, 2.75) is 13.5 Å². The summed E-state index contributed by atoms with van der Waals surface area (Å²) in [6, 6.07) is 13.7. The summed E-state index contributed by atoms with van der Waals surface area (Å²) in [6.45, 7) is 2.49. The van der Waals surface area contributed by atoms with Crippen LogP contribution in [0.25, 0.3) is 11.0 Å². The third kappa shape index (κ3) is 2.23. The Morgan fingerprint density at radius 1 is 1.00 bits per heavy atom. The van der Waals surface area contributed by atoms with Gasteiger partial charge in [-0.1, -0.05) is 30.3 Å². The van der Waals surface area contributed by atoms with Gasteiger partial charge in [-0.3, -0.25) is 0 Å². The molecule has 1 heterocycles. The van der Waals surface area contributed by atoms with Crippen molar-refractivity contribution in [1.82, 2.24) is 0 Å². The summed E-state index contributed by atoms with van der Waals surface area (Å²) in [5, 5.41) is 1.10. The van der Waals surface area contributed by atoms with Crippen molar-refractivity contribution in [2.75, 3.05) is 7.11 Å². The molecule has 0 aliphatic carbocycles. The van der Waals surface area contributed by atoms with Crippen LogP contribution in [0.4, 0.5) is 0 Å². The van der Waals surface area contributed by atoms with Gasteiger partial charge < -0.3 is 13.9 Å². The number of rotatable bonds is 4. The maximum Gasteiger partial charge on any atom is 0.161 e. The van der Waals surface area contributed by atoms with Crippen LogP contribution in [0.1, 0.15) is 11.1 Å². The lowest BCUT2D eigenvalue weighted by Crippen LogP contribution is -1.96. The Bertz CT molecular complexity index is 728. The molecule has 3 rings (SSSR count). The van der Waals surface area contributed by atoms with Crippen molar-refractivity contribution in [2.24, 2.45) is 0 Å². The number of hydrogen-bond donors (Lipinski definition) is 0. The molecular formula is C17H16O3. The van der Waals surface area contributed by atoms with Gasteiger partial charge in [0.05, 0.1) is 13.4 Å². The highest BCUT2D eigenvalue weighted by molar-refractivity contribution is 5.83. The predicted molar refractivity (Wildman–Crippen MR) is 78.3 cm³/mol. The minimum atomic E-state index is 0.455. The third-order valence-corrected chi connectivity index (χ3v) is 3.33. The smallest absolute Gasteiger partial charge is 0.161 e. The van der Waals surface area contributed by atoms with E-state index in [1.54, 1.807) is 13.4 Å². The molecule has 0 bridgehead atoms. The molecule has 0 unspecified atom stereocenters. The average Bonchev–Trinajstić information content (AvgIpc) is 2.90. The quantitative estimate of drug-likeness (QED) is 0.705. The molecule has 0 aliphatic rings. The van der Waals surface area contributed by atoms with Gasteiger partial charge in [0.1, 0.15) is 12.2 Å². The van der Waals surface area contributed by atoms with Crippen LogP contribution >= 0.6 is 0 Å². The first kappa shape index (κ1) is 12.6. The summed E-state index contributed by atoms with van der Waals surface area (Å²) in [7, 11) is 1.64. The number of hydrogen-bond acceptors (Lipinski definition) is 3. The van der Waals surface area contributed by atoms with E-state index >= 15 is 0 Å². The van der Waals surface area contributed by atoms with E-state index in [1.807, 2.05) is 49.4 Å². The minimum Gasteiger partial charge on any atom is -0.493 e. The molecule has 3 heteroatoms. The van der Waals surface area contributed by atoms with Crippen molar-refractivity contribution in [3.8, 4) is 11.5 Å². The number of benzene rings is 2. The highest BCUT2D eigenvalue weighted by atomic mass is 16.5. The fraction of sp³-hybridized carbons (Fsp3) is 0.176. The van der Waals surface area contributed by atoms with E-state index in [1.165, 1.54) is 0 Å². The van der Waals surface area contributed by atoms with Crippen molar-refractivity contribution >= 4 is 11.0 Å². The largest absolute Gasteiger partial charge is 0.493 e. The highest BCUT2D eigenvalue weighted by Gasteiger charge is 2.09. The molecule has 102 valence electrons. The van der Waals surface area contributed by atoms with E-state index in [-0.39, 0.29) is 0 Å². The summed E-state index contributed by atoms with van der Waals surface area (Å²) in [4.78, 5) is 0. The normalized spacial score (nSPS) is 10.7. The average molecular weight is 268 g/mol. The Balaban J connectivity index is 1.85. The highest BCUT2D eigenvalue weighted by Crippen LogP contribution is 2.29. The Labute approximate surface area is 117 Å². The molecule has 0 aliphatic heterocycles. The van der Waals surface area contributed by atoms with E-state index in [2.05, 4.69) is 0 Å².